The van der Waals surface area contributed by atoms with Crippen LogP contribution in [0.2, 0.25) is 0 Å². The van der Waals surface area contributed by atoms with Crippen LogP contribution in [0.1, 0.15) is 31.7 Å². The molecular formula is C14H14F9NO5S2. The van der Waals surface area contributed by atoms with Gasteiger partial charge in [0.1, 0.15) is 5.75 Å². The zero-order chi connectivity index (χ0) is 24.7. The van der Waals surface area contributed by atoms with Gasteiger partial charge in [-0.2, -0.15) is 47.9 Å². The summed E-state index contributed by atoms with van der Waals surface area (Å²) in [6.45, 7) is 3.49. The standard InChI is InChI=1S/C14H14F9NO5S2/c1-3-8(2)9-4-6-10(7-5-9)29-31(27,28)13(19,20)11(15,16)12(17,18)30(25,26)24-14(21,22)23/h4-8,24H,3H2,1-2H3. The quantitative estimate of drug-likeness (QED) is 0.306. The Morgan fingerprint density at radius 2 is 1.32 bits per heavy atom. The fourth-order valence-corrected chi connectivity index (χ4v) is 3.85. The van der Waals surface area contributed by atoms with E-state index in [4.69, 9.17) is 0 Å². The first-order valence-corrected chi connectivity index (χ1v) is 10.8. The summed E-state index contributed by atoms with van der Waals surface area (Å²) in [5.74, 6) is -8.50. The lowest BCUT2D eigenvalue weighted by Crippen LogP contribution is -2.64. The molecule has 1 aromatic rings. The summed E-state index contributed by atoms with van der Waals surface area (Å²) in [5, 5.41) is -14.2. The first kappa shape index (κ1) is 27.3. The molecule has 1 aromatic carbocycles. The molecule has 0 saturated carbocycles. The predicted octanol–water partition coefficient (Wildman–Crippen LogP) is 4.17. The number of rotatable bonds is 9. The normalized spacial score (nSPS) is 15.6. The second kappa shape index (κ2) is 8.31. The second-order valence-corrected chi connectivity index (χ2v) is 9.44. The van der Waals surface area contributed by atoms with E-state index in [2.05, 4.69) is 4.18 Å². The van der Waals surface area contributed by atoms with Crippen LogP contribution in [-0.4, -0.2) is 39.6 Å². The van der Waals surface area contributed by atoms with Crippen LogP contribution < -0.4 is 8.91 Å². The summed E-state index contributed by atoms with van der Waals surface area (Å²) in [4.78, 5) is 0. The average Bonchev–Trinajstić information content (AvgIpc) is 2.58. The fraction of sp³-hybridized carbons (Fsp3) is 0.571. The Bertz CT molecular complexity index is 990. The van der Waals surface area contributed by atoms with Gasteiger partial charge in [-0.15, -0.1) is 4.72 Å². The molecule has 0 heterocycles. The van der Waals surface area contributed by atoms with E-state index < -0.39 is 53.3 Å². The van der Waals surface area contributed by atoms with Gasteiger partial charge >= 0.3 is 32.9 Å². The Labute approximate surface area is 170 Å². The molecule has 31 heavy (non-hydrogen) atoms. The highest BCUT2D eigenvalue weighted by molar-refractivity contribution is 7.91. The maximum atomic E-state index is 13.9. The molecular weight excluding hydrogens is 497 g/mol. The third-order valence-electron chi connectivity index (χ3n) is 3.90. The summed E-state index contributed by atoms with van der Waals surface area (Å²) in [5.41, 5.74) is 0.542. The summed E-state index contributed by atoms with van der Waals surface area (Å²) in [6.07, 6.45) is -5.65. The number of nitrogens with one attached hydrogen (secondary N) is 1. The average molecular weight is 511 g/mol. The molecule has 0 fully saturated rings. The van der Waals surface area contributed by atoms with Crippen molar-refractivity contribution in [2.24, 2.45) is 0 Å². The molecule has 0 aliphatic carbocycles. The minimum absolute atomic E-state index is 0.0959. The topological polar surface area (TPSA) is 89.5 Å². The van der Waals surface area contributed by atoms with Gasteiger partial charge in [-0.1, -0.05) is 26.0 Å². The van der Waals surface area contributed by atoms with E-state index >= 15 is 0 Å². The van der Waals surface area contributed by atoms with Crippen molar-refractivity contribution in [2.45, 2.75) is 48.9 Å². The SMILES string of the molecule is CCC(C)c1ccc(OS(=O)(=O)C(F)(F)C(F)(F)C(F)(F)S(=O)(=O)NC(F)(F)F)cc1. The van der Waals surface area contributed by atoms with Gasteiger partial charge in [-0.05, 0) is 30.0 Å². The van der Waals surface area contributed by atoms with E-state index in [-0.39, 0.29) is 5.92 Å². The molecule has 180 valence electrons. The zero-order valence-electron chi connectivity index (χ0n) is 15.4. The van der Waals surface area contributed by atoms with Crippen LogP contribution in [0.3, 0.4) is 0 Å². The molecule has 1 unspecified atom stereocenters. The Morgan fingerprint density at radius 1 is 0.871 bits per heavy atom. The fourth-order valence-electron chi connectivity index (χ4n) is 1.98. The molecule has 6 nitrogen and oxygen atoms in total. The first-order chi connectivity index (χ1) is 13.6. The van der Waals surface area contributed by atoms with Gasteiger partial charge < -0.3 is 4.18 Å². The monoisotopic (exact) mass is 511 g/mol. The third kappa shape index (κ3) is 5.19. The van der Waals surface area contributed by atoms with Crippen LogP contribution in [0.4, 0.5) is 39.5 Å². The lowest BCUT2D eigenvalue weighted by atomic mass is 9.99. The first-order valence-electron chi connectivity index (χ1n) is 7.90. The van der Waals surface area contributed by atoms with E-state index in [1.54, 1.807) is 13.8 Å². The summed E-state index contributed by atoms with van der Waals surface area (Å²) in [7, 11) is -14.6. The number of benzene rings is 1. The summed E-state index contributed by atoms with van der Waals surface area (Å²) >= 11 is 0. The van der Waals surface area contributed by atoms with E-state index in [9.17, 15) is 56.3 Å². The highest BCUT2D eigenvalue weighted by Crippen LogP contribution is 2.51. The molecule has 0 spiro atoms. The molecule has 1 N–H and O–H groups in total. The Kier molecular flexibility index (Phi) is 7.31. The maximum absolute atomic E-state index is 13.9. The smallest absolute Gasteiger partial charge is 0.378 e. The maximum Gasteiger partial charge on any atom is 0.470 e. The van der Waals surface area contributed by atoms with Gasteiger partial charge in [0, 0.05) is 0 Å². The van der Waals surface area contributed by atoms with E-state index in [1.165, 1.54) is 0 Å². The van der Waals surface area contributed by atoms with Crippen molar-refractivity contribution in [1.29, 1.82) is 0 Å². The lowest BCUT2D eigenvalue weighted by molar-refractivity contribution is -0.247. The van der Waals surface area contributed by atoms with Gasteiger partial charge in [0.05, 0.1) is 0 Å². The molecule has 0 saturated heterocycles. The van der Waals surface area contributed by atoms with Gasteiger partial charge in [0.25, 0.3) is 10.0 Å². The molecule has 17 heteroatoms. The molecule has 0 aliphatic heterocycles. The van der Waals surface area contributed by atoms with Crippen molar-refractivity contribution in [3.8, 4) is 5.75 Å². The highest BCUT2D eigenvalue weighted by Gasteiger charge is 2.83. The second-order valence-electron chi connectivity index (χ2n) is 6.13. The third-order valence-corrected chi connectivity index (χ3v) is 6.63. The molecule has 1 rings (SSSR count). The van der Waals surface area contributed by atoms with Gasteiger partial charge in [0.15, 0.2) is 0 Å². The van der Waals surface area contributed by atoms with Gasteiger partial charge in [-0.25, -0.2) is 8.42 Å². The minimum atomic E-state index is -7.57. The molecule has 0 radical (unpaired) electrons. The number of alkyl halides is 9. The van der Waals surface area contributed by atoms with Crippen molar-refractivity contribution < 1.29 is 60.5 Å². The summed E-state index contributed by atoms with van der Waals surface area (Å²) < 4.78 is 166. The molecule has 1 atom stereocenters. The van der Waals surface area contributed by atoms with Gasteiger partial charge in [-0.3, -0.25) is 0 Å². The number of hydrogen-bond donors (Lipinski definition) is 1. The van der Waals surface area contributed by atoms with Crippen LogP contribution in [0.25, 0.3) is 0 Å². The van der Waals surface area contributed by atoms with Crippen LogP contribution in [0.5, 0.6) is 5.75 Å². The van der Waals surface area contributed by atoms with Crippen LogP contribution in [0, 0.1) is 0 Å². The number of halogens is 9. The number of sulfonamides is 1. The van der Waals surface area contributed by atoms with Crippen molar-refractivity contribution in [1.82, 2.24) is 4.72 Å². The van der Waals surface area contributed by atoms with Crippen molar-refractivity contribution in [3.63, 3.8) is 0 Å². The predicted molar refractivity (Wildman–Crippen MR) is 87.6 cm³/mol. The Morgan fingerprint density at radius 3 is 1.71 bits per heavy atom. The van der Waals surface area contributed by atoms with E-state index in [1.807, 2.05) is 0 Å². The molecule has 0 aliphatic rings. The van der Waals surface area contributed by atoms with Crippen molar-refractivity contribution >= 4 is 20.1 Å². The van der Waals surface area contributed by atoms with Crippen LogP contribution in [-0.2, 0) is 20.1 Å². The van der Waals surface area contributed by atoms with Crippen LogP contribution in [0.15, 0.2) is 24.3 Å². The largest absolute Gasteiger partial charge is 0.470 e. The van der Waals surface area contributed by atoms with Crippen LogP contribution >= 0.6 is 0 Å². The van der Waals surface area contributed by atoms with E-state index in [0.717, 1.165) is 24.3 Å². The highest BCUT2D eigenvalue weighted by atomic mass is 32.2. The lowest BCUT2D eigenvalue weighted by Gasteiger charge is -2.31. The molecule has 0 bridgehead atoms. The van der Waals surface area contributed by atoms with Gasteiger partial charge in [0.2, 0.25) is 0 Å². The van der Waals surface area contributed by atoms with E-state index in [0.29, 0.717) is 12.0 Å². The van der Waals surface area contributed by atoms with Crippen molar-refractivity contribution in [3.05, 3.63) is 29.8 Å². The molecule has 0 amide bonds. The zero-order valence-corrected chi connectivity index (χ0v) is 17.0. The summed E-state index contributed by atoms with van der Waals surface area (Å²) in [6, 6.07) is 3.77. The Balaban J connectivity index is 3.35. The van der Waals surface area contributed by atoms with Crippen molar-refractivity contribution in [2.75, 3.05) is 0 Å². The minimum Gasteiger partial charge on any atom is -0.378 e. The number of hydrogen-bond acceptors (Lipinski definition) is 5. The molecule has 0 aromatic heterocycles. The Hall–Kier alpha value is -1.75.